The van der Waals surface area contributed by atoms with E-state index in [1.807, 2.05) is 0 Å². The summed E-state index contributed by atoms with van der Waals surface area (Å²) in [6.07, 6.45) is 1.45. The fraction of sp³-hybridized carbons (Fsp3) is 0.600. The molecular weight excluding hydrogens is 517 g/mol. The summed E-state index contributed by atoms with van der Waals surface area (Å²) in [7, 11) is 0. The summed E-state index contributed by atoms with van der Waals surface area (Å²) < 4.78 is 40.1. The number of halogens is 3. The number of aliphatic hydroxyl groups is 1. The van der Waals surface area contributed by atoms with Crippen molar-refractivity contribution in [2.45, 2.75) is 83.3 Å². The van der Waals surface area contributed by atoms with Crippen LogP contribution in [0.15, 0.2) is 36.7 Å². The topological polar surface area (TPSA) is 69.5 Å². The molecule has 1 aliphatic carbocycles. The predicted octanol–water partition coefficient (Wildman–Crippen LogP) is 6.03. The standard InChI is InChI=1S/C30H41F3N6O/c1-20(2)37-14-16-38(17-15-37)21(3)22-4-6-23(7-5-22)27-19-39(24-8-10-25(40)11-9-24)28-26(27)18-35-29(36-28)34-13-12-30(31,32)33/h4-7,18-21,24-25,40H,8-17H2,1-3H3,(H,34,35,36)/t21-,24?,25?/m1/s1. The zero-order chi connectivity index (χ0) is 28.4. The van der Waals surface area contributed by atoms with E-state index in [2.05, 4.69) is 80.9 Å². The van der Waals surface area contributed by atoms with Gasteiger partial charge < -0.3 is 15.0 Å². The Kier molecular flexibility index (Phi) is 8.68. The summed E-state index contributed by atoms with van der Waals surface area (Å²) in [5.74, 6) is 0.195. The number of benzene rings is 1. The van der Waals surface area contributed by atoms with Crippen LogP contribution in [0.1, 0.15) is 70.5 Å². The van der Waals surface area contributed by atoms with E-state index in [1.165, 1.54) is 5.56 Å². The minimum Gasteiger partial charge on any atom is -0.393 e. The van der Waals surface area contributed by atoms with Crippen molar-refractivity contribution >= 4 is 17.0 Å². The van der Waals surface area contributed by atoms with Gasteiger partial charge in [0, 0.05) is 74.2 Å². The molecule has 1 saturated carbocycles. The molecule has 1 aromatic carbocycles. The van der Waals surface area contributed by atoms with Crippen LogP contribution in [0.2, 0.25) is 0 Å². The first-order valence-corrected chi connectivity index (χ1v) is 14.5. The van der Waals surface area contributed by atoms with E-state index in [0.29, 0.717) is 17.7 Å². The average molecular weight is 559 g/mol. The number of rotatable bonds is 8. The third-order valence-corrected chi connectivity index (χ3v) is 8.65. The van der Waals surface area contributed by atoms with Crippen LogP contribution in [-0.4, -0.2) is 80.5 Å². The second-order valence-electron chi connectivity index (χ2n) is 11.6. The molecular formula is C30H41F3N6O. The number of aliphatic hydroxyl groups excluding tert-OH is 1. The van der Waals surface area contributed by atoms with E-state index in [9.17, 15) is 18.3 Å². The SMILES string of the molecule is CC(C)N1CCN([C@H](C)c2ccc(-c3cn(C4CCC(O)CC4)c4nc(NCCC(F)(F)F)ncc34)cc2)CC1. The van der Waals surface area contributed by atoms with Gasteiger partial charge in [0.1, 0.15) is 5.65 Å². The quantitative estimate of drug-likeness (QED) is 0.352. The third kappa shape index (κ3) is 6.61. The molecule has 0 unspecified atom stereocenters. The van der Waals surface area contributed by atoms with E-state index in [4.69, 9.17) is 0 Å². The summed E-state index contributed by atoms with van der Waals surface area (Å²) in [6, 6.07) is 9.76. The molecule has 10 heteroatoms. The van der Waals surface area contributed by atoms with Gasteiger partial charge in [-0.2, -0.15) is 18.2 Å². The number of nitrogens with one attached hydrogen (secondary N) is 1. The van der Waals surface area contributed by atoms with Gasteiger partial charge in [-0.1, -0.05) is 24.3 Å². The van der Waals surface area contributed by atoms with Crippen LogP contribution < -0.4 is 5.32 Å². The first-order chi connectivity index (χ1) is 19.1. The van der Waals surface area contributed by atoms with Crippen molar-refractivity contribution in [2.75, 3.05) is 38.0 Å². The predicted molar refractivity (Wildman–Crippen MR) is 152 cm³/mol. The van der Waals surface area contributed by atoms with Gasteiger partial charge in [0.15, 0.2) is 0 Å². The highest BCUT2D eigenvalue weighted by Crippen LogP contribution is 2.37. The molecule has 1 aliphatic heterocycles. The minimum atomic E-state index is -4.24. The third-order valence-electron chi connectivity index (χ3n) is 8.65. The van der Waals surface area contributed by atoms with Gasteiger partial charge in [-0.3, -0.25) is 9.80 Å². The highest BCUT2D eigenvalue weighted by Gasteiger charge is 2.28. The molecule has 3 heterocycles. The van der Waals surface area contributed by atoms with E-state index in [1.54, 1.807) is 6.20 Å². The maximum Gasteiger partial charge on any atom is 0.390 e. The van der Waals surface area contributed by atoms with Gasteiger partial charge in [0.2, 0.25) is 5.95 Å². The second-order valence-corrected chi connectivity index (χ2v) is 11.6. The van der Waals surface area contributed by atoms with Crippen LogP contribution in [0.3, 0.4) is 0 Å². The summed E-state index contributed by atoms with van der Waals surface area (Å²) in [4.78, 5) is 14.1. The van der Waals surface area contributed by atoms with Crippen LogP contribution >= 0.6 is 0 Å². The van der Waals surface area contributed by atoms with Gasteiger partial charge in [0.25, 0.3) is 0 Å². The summed E-state index contributed by atoms with van der Waals surface area (Å²) in [5.41, 5.74) is 4.05. The summed E-state index contributed by atoms with van der Waals surface area (Å²) >= 11 is 0. The minimum absolute atomic E-state index is 0.168. The smallest absolute Gasteiger partial charge is 0.390 e. The van der Waals surface area contributed by atoms with Crippen LogP contribution in [0.25, 0.3) is 22.2 Å². The molecule has 218 valence electrons. The normalized spacial score (nSPS) is 22.2. The Labute approximate surface area is 234 Å². The molecule has 7 nitrogen and oxygen atoms in total. The molecule has 2 N–H and O–H groups in total. The van der Waals surface area contributed by atoms with Crippen LogP contribution in [-0.2, 0) is 0 Å². The molecule has 0 spiro atoms. The lowest BCUT2D eigenvalue weighted by atomic mass is 9.93. The molecule has 40 heavy (non-hydrogen) atoms. The molecule has 2 aliphatic rings. The van der Waals surface area contributed by atoms with Crippen molar-refractivity contribution in [1.29, 1.82) is 0 Å². The Morgan fingerprint density at radius 3 is 2.25 bits per heavy atom. The first kappa shape index (κ1) is 28.8. The molecule has 2 aromatic heterocycles. The highest BCUT2D eigenvalue weighted by molar-refractivity contribution is 5.94. The average Bonchev–Trinajstić information content (AvgIpc) is 3.31. The van der Waals surface area contributed by atoms with Crippen LogP contribution in [0.4, 0.5) is 19.1 Å². The number of aromatic nitrogens is 3. The number of nitrogens with zero attached hydrogens (tertiary/aromatic N) is 5. The molecule has 0 amide bonds. The van der Waals surface area contributed by atoms with Crippen LogP contribution in [0, 0.1) is 0 Å². The van der Waals surface area contributed by atoms with Crippen molar-refractivity contribution < 1.29 is 18.3 Å². The van der Waals surface area contributed by atoms with Crippen LogP contribution in [0.5, 0.6) is 0 Å². The zero-order valence-corrected chi connectivity index (χ0v) is 23.7. The Morgan fingerprint density at radius 2 is 1.62 bits per heavy atom. The number of hydrogen-bond acceptors (Lipinski definition) is 6. The fourth-order valence-electron chi connectivity index (χ4n) is 6.07. The number of anilines is 1. The zero-order valence-electron chi connectivity index (χ0n) is 23.7. The Bertz CT molecular complexity index is 1260. The fourth-order valence-corrected chi connectivity index (χ4v) is 6.07. The summed E-state index contributed by atoms with van der Waals surface area (Å²) in [5, 5.41) is 13.6. The lowest BCUT2D eigenvalue weighted by Gasteiger charge is -2.40. The first-order valence-electron chi connectivity index (χ1n) is 14.5. The van der Waals surface area contributed by atoms with Gasteiger partial charge in [-0.05, 0) is 57.6 Å². The van der Waals surface area contributed by atoms with Crippen molar-refractivity contribution in [1.82, 2.24) is 24.3 Å². The second kappa shape index (κ2) is 12.0. The van der Waals surface area contributed by atoms with Crippen molar-refractivity contribution in [3.05, 3.63) is 42.2 Å². The van der Waals surface area contributed by atoms with Crippen molar-refractivity contribution in [3.8, 4) is 11.1 Å². The number of alkyl halides is 3. The lowest BCUT2D eigenvalue weighted by molar-refractivity contribution is -0.131. The van der Waals surface area contributed by atoms with Crippen molar-refractivity contribution in [3.63, 3.8) is 0 Å². The maximum atomic E-state index is 12.7. The molecule has 0 radical (unpaired) electrons. The molecule has 5 rings (SSSR count). The Morgan fingerprint density at radius 1 is 0.975 bits per heavy atom. The van der Waals surface area contributed by atoms with Gasteiger partial charge in [-0.15, -0.1) is 0 Å². The Hall–Kier alpha value is -2.69. The van der Waals surface area contributed by atoms with Gasteiger partial charge in [0.05, 0.1) is 12.5 Å². The van der Waals surface area contributed by atoms with Crippen molar-refractivity contribution in [2.24, 2.45) is 0 Å². The molecule has 2 fully saturated rings. The van der Waals surface area contributed by atoms with E-state index in [-0.39, 0.29) is 24.6 Å². The molecule has 1 saturated heterocycles. The lowest BCUT2D eigenvalue weighted by Crippen LogP contribution is -2.49. The highest BCUT2D eigenvalue weighted by atomic mass is 19.4. The largest absolute Gasteiger partial charge is 0.393 e. The molecule has 0 bridgehead atoms. The van der Waals surface area contributed by atoms with E-state index >= 15 is 0 Å². The Balaban J connectivity index is 1.39. The van der Waals surface area contributed by atoms with E-state index < -0.39 is 12.6 Å². The van der Waals surface area contributed by atoms with Gasteiger partial charge in [-0.25, -0.2) is 4.98 Å². The maximum absolute atomic E-state index is 12.7. The van der Waals surface area contributed by atoms with Gasteiger partial charge >= 0.3 is 6.18 Å². The molecule has 3 aromatic rings. The summed E-state index contributed by atoms with van der Waals surface area (Å²) in [6.45, 7) is 10.8. The molecule has 1 atom stereocenters. The van der Waals surface area contributed by atoms with E-state index in [0.717, 1.165) is 68.4 Å². The number of piperazine rings is 1. The number of fused-ring (bicyclic) bond motifs is 1. The number of hydrogen-bond donors (Lipinski definition) is 2. The monoisotopic (exact) mass is 558 g/mol.